The molecule has 0 aliphatic carbocycles. The predicted octanol–water partition coefficient (Wildman–Crippen LogP) is 3.13. The van der Waals surface area contributed by atoms with Gasteiger partial charge in [-0.25, -0.2) is 9.97 Å². The molecule has 6 rings (SSSR count). The van der Waals surface area contributed by atoms with E-state index in [0.29, 0.717) is 17.9 Å². The molecule has 3 aromatic heterocycles. The second kappa shape index (κ2) is 7.81. The van der Waals surface area contributed by atoms with Gasteiger partial charge in [-0.3, -0.25) is 14.2 Å². The summed E-state index contributed by atoms with van der Waals surface area (Å²) in [5, 5.41) is 16.5. The maximum Gasteiger partial charge on any atom is 0.254 e. The van der Waals surface area contributed by atoms with Gasteiger partial charge in [-0.2, -0.15) is 0 Å². The van der Waals surface area contributed by atoms with Crippen molar-refractivity contribution in [3.63, 3.8) is 0 Å². The van der Waals surface area contributed by atoms with Crippen LogP contribution >= 0.6 is 0 Å². The third-order valence-electron chi connectivity index (χ3n) is 6.78. The van der Waals surface area contributed by atoms with Crippen LogP contribution in [0.15, 0.2) is 55.2 Å². The molecule has 9 nitrogen and oxygen atoms in total. The Hall–Kier alpha value is -3.98. The van der Waals surface area contributed by atoms with Gasteiger partial charge in [-0.15, -0.1) is 0 Å². The van der Waals surface area contributed by atoms with Gasteiger partial charge in [0, 0.05) is 37.6 Å². The molecule has 2 aliphatic heterocycles. The lowest BCUT2D eigenvalue weighted by Gasteiger charge is -2.37. The van der Waals surface area contributed by atoms with Crippen molar-refractivity contribution >= 4 is 28.7 Å². The number of carbonyl (C=O) groups excluding carboxylic acids is 1. The summed E-state index contributed by atoms with van der Waals surface area (Å²) in [7, 11) is 0. The molecular weight excluding hydrogens is 430 g/mol. The van der Waals surface area contributed by atoms with Crippen molar-refractivity contribution in [2.75, 3.05) is 23.3 Å². The third kappa shape index (κ3) is 3.54. The van der Waals surface area contributed by atoms with Gasteiger partial charge in [-0.1, -0.05) is 6.07 Å². The summed E-state index contributed by atoms with van der Waals surface area (Å²) in [5.41, 5.74) is 5.36. The van der Waals surface area contributed by atoms with Crippen LogP contribution in [-0.2, 0) is 6.54 Å². The van der Waals surface area contributed by atoms with Gasteiger partial charge in [0.2, 0.25) is 0 Å². The number of benzene rings is 1. The topological polar surface area (TPSA) is 108 Å². The van der Waals surface area contributed by atoms with Gasteiger partial charge in [0.1, 0.15) is 5.82 Å². The average molecular weight is 456 g/mol. The fourth-order valence-corrected chi connectivity index (χ4v) is 4.77. The quantitative estimate of drug-likeness (QED) is 0.434. The normalized spacial score (nSPS) is 17.0. The summed E-state index contributed by atoms with van der Waals surface area (Å²) in [5.74, 6) is 0.565. The van der Waals surface area contributed by atoms with Crippen molar-refractivity contribution in [3.8, 4) is 11.3 Å². The number of piperidine rings is 1. The van der Waals surface area contributed by atoms with E-state index in [1.54, 1.807) is 12.4 Å². The molecule has 1 amide bonds. The summed E-state index contributed by atoms with van der Waals surface area (Å²) >= 11 is 0. The van der Waals surface area contributed by atoms with Gasteiger partial charge >= 0.3 is 0 Å². The average Bonchev–Trinajstić information content (AvgIpc) is 3.44. The van der Waals surface area contributed by atoms with Crippen molar-refractivity contribution in [1.82, 2.24) is 24.7 Å². The largest absolute Gasteiger partial charge is 0.390 e. The number of amides is 1. The fourth-order valence-electron chi connectivity index (χ4n) is 4.77. The Morgan fingerprint density at radius 3 is 2.74 bits per heavy atom. The minimum Gasteiger partial charge on any atom is -0.390 e. The predicted molar refractivity (Wildman–Crippen MR) is 129 cm³/mol. The van der Waals surface area contributed by atoms with Crippen LogP contribution in [0.2, 0.25) is 0 Å². The first-order chi connectivity index (χ1) is 16.5. The van der Waals surface area contributed by atoms with Gasteiger partial charge in [0.05, 0.1) is 46.8 Å². The molecule has 4 aromatic rings. The summed E-state index contributed by atoms with van der Waals surface area (Å²) in [6.07, 6.45) is 10.4. The van der Waals surface area contributed by atoms with Crippen LogP contribution in [0.4, 0.5) is 17.2 Å². The molecule has 34 heavy (non-hydrogen) atoms. The molecule has 0 bridgehead atoms. The molecule has 0 saturated carbocycles. The molecule has 9 heteroatoms. The zero-order valence-corrected chi connectivity index (χ0v) is 18.8. The Kier molecular flexibility index (Phi) is 4.73. The number of nitrogens with zero attached hydrogens (tertiary/aromatic N) is 5. The van der Waals surface area contributed by atoms with E-state index in [9.17, 15) is 9.90 Å². The number of fused-ring (bicyclic) bond motifs is 2. The van der Waals surface area contributed by atoms with Crippen LogP contribution in [-0.4, -0.2) is 49.1 Å². The molecule has 1 saturated heterocycles. The second-order valence-corrected chi connectivity index (χ2v) is 9.16. The molecule has 0 atom stereocenters. The van der Waals surface area contributed by atoms with E-state index in [2.05, 4.69) is 30.5 Å². The smallest absolute Gasteiger partial charge is 0.254 e. The van der Waals surface area contributed by atoms with E-state index >= 15 is 0 Å². The Morgan fingerprint density at radius 1 is 1.09 bits per heavy atom. The van der Waals surface area contributed by atoms with E-state index in [1.807, 2.05) is 54.2 Å². The lowest BCUT2D eigenvalue weighted by Crippen LogP contribution is -2.42. The van der Waals surface area contributed by atoms with E-state index in [0.717, 1.165) is 59.8 Å². The number of pyridine rings is 1. The van der Waals surface area contributed by atoms with Crippen molar-refractivity contribution in [2.45, 2.75) is 31.9 Å². The lowest BCUT2D eigenvalue weighted by molar-refractivity contribution is 0.0351. The Morgan fingerprint density at radius 2 is 1.94 bits per heavy atom. The minimum absolute atomic E-state index is 0.105. The van der Waals surface area contributed by atoms with Crippen molar-refractivity contribution in [2.24, 2.45) is 0 Å². The Labute approximate surface area is 196 Å². The number of hydrogen-bond acceptors (Lipinski definition) is 7. The van der Waals surface area contributed by atoms with Crippen molar-refractivity contribution in [3.05, 3.63) is 66.4 Å². The minimum atomic E-state index is -0.585. The molecule has 5 heterocycles. The molecular formula is C25H25N7O2. The fraction of sp³-hybridized carbons (Fsp3) is 0.280. The van der Waals surface area contributed by atoms with Gasteiger partial charge in [0.25, 0.3) is 5.91 Å². The molecule has 1 aromatic carbocycles. The molecule has 1 fully saturated rings. The van der Waals surface area contributed by atoms with Crippen LogP contribution in [0.1, 0.15) is 35.7 Å². The number of aliphatic hydroxyl groups is 1. The molecule has 0 unspecified atom stereocenters. The summed E-state index contributed by atoms with van der Waals surface area (Å²) in [6, 6.07) is 7.88. The highest BCUT2D eigenvalue weighted by Crippen LogP contribution is 2.35. The zero-order valence-electron chi connectivity index (χ0n) is 18.8. The first kappa shape index (κ1) is 20.6. The third-order valence-corrected chi connectivity index (χ3v) is 6.78. The number of imidazole rings is 1. The number of aromatic nitrogens is 4. The maximum atomic E-state index is 12.7. The standard InChI is InChI=1S/C25H25N7O2/c1-25(34)6-9-31(10-7-25)16-2-5-21(27-12-16)30-19-4-3-17(18-13-29-24(33)23(18)19)20-14-28-22-15-26-8-11-32(20)22/h2-5,8,11-12,14-15,34H,6-7,9-10,13H2,1H3,(H,27,30)(H,29,33). The number of nitrogens with one attached hydrogen (secondary N) is 2. The second-order valence-electron chi connectivity index (χ2n) is 9.16. The van der Waals surface area contributed by atoms with E-state index in [-0.39, 0.29) is 5.91 Å². The summed E-state index contributed by atoms with van der Waals surface area (Å²) < 4.78 is 1.97. The van der Waals surface area contributed by atoms with E-state index in [4.69, 9.17) is 0 Å². The van der Waals surface area contributed by atoms with E-state index in [1.165, 1.54) is 0 Å². The van der Waals surface area contributed by atoms with Crippen LogP contribution < -0.4 is 15.5 Å². The maximum absolute atomic E-state index is 12.7. The van der Waals surface area contributed by atoms with Gasteiger partial charge in [0.15, 0.2) is 5.65 Å². The molecule has 0 spiro atoms. The Balaban J connectivity index is 1.28. The summed E-state index contributed by atoms with van der Waals surface area (Å²) in [4.78, 5) is 28.1. The number of carbonyl (C=O) groups is 1. The first-order valence-electron chi connectivity index (χ1n) is 11.4. The SMILES string of the molecule is CC1(O)CCN(c2ccc(Nc3ccc(-c4cnc5cnccn45)c4c3C(=O)NC4)nc2)CC1. The van der Waals surface area contributed by atoms with Gasteiger partial charge in [-0.05, 0) is 43.5 Å². The molecule has 172 valence electrons. The van der Waals surface area contributed by atoms with Crippen LogP contribution in [0.5, 0.6) is 0 Å². The molecule has 3 N–H and O–H groups in total. The monoisotopic (exact) mass is 455 g/mol. The lowest BCUT2D eigenvalue weighted by atomic mass is 9.94. The highest BCUT2D eigenvalue weighted by molar-refractivity contribution is 6.06. The highest BCUT2D eigenvalue weighted by atomic mass is 16.3. The number of rotatable bonds is 4. The molecule has 0 radical (unpaired) electrons. The summed E-state index contributed by atoms with van der Waals surface area (Å²) in [6.45, 7) is 3.95. The molecule has 2 aliphatic rings. The van der Waals surface area contributed by atoms with Crippen molar-refractivity contribution < 1.29 is 9.90 Å². The van der Waals surface area contributed by atoms with Crippen molar-refractivity contribution in [1.29, 1.82) is 0 Å². The van der Waals surface area contributed by atoms with Gasteiger partial charge < -0.3 is 20.6 Å². The van der Waals surface area contributed by atoms with Crippen LogP contribution in [0.25, 0.3) is 16.9 Å². The van der Waals surface area contributed by atoms with Crippen LogP contribution in [0, 0.1) is 0 Å². The zero-order chi connectivity index (χ0) is 23.3. The Bertz CT molecular complexity index is 1380. The highest BCUT2D eigenvalue weighted by Gasteiger charge is 2.28. The number of anilines is 3. The van der Waals surface area contributed by atoms with E-state index < -0.39 is 5.60 Å². The number of hydrogen-bond donors (Lipinski definition) is 3. The van der Waals surface area contributed by atoms with Crippen LogP contribution in [0.3, 0.4) is 0 Å². The first-order valence-corrected chi connectivity index (χ1v) is 11.4.